The van der Waals surface area contributed by atoms with Crippen molar-refractivity contribution in [2.24, 2.45) is 5.92 Å². The maximum Gasteiger partial charge on any atom is 0.321 e. The van der Waals surface area contributed by atoms with Gasteiger partial charge in [-0.2, -0.15) is 0 Å². The number of carbonyl (C=O) groups is 1. The van der Waals surface area contributed by atoms with Crippen LogP contribution in [0.5, 0.6) is 0 Å². The summed E-state index contributed by atoms with van der Waals surface area (Å²) in [5, 5.41) is 9.28. The van der Waals surface area contributed by atoms with E-state index in [1.807, 2.05) is 11.8 Å². The molecule has 1 saturated heterocycles. The number of aliphatic carboxylic acids is 1. The highest BCUT2D eigenvalue weighted by Gasteiger charge is 2.34. The molecule has 0 bridgehead atoms. The topological polar surface area (TPSA) is 40.5 Å². The minimum atomic E-state index is -0.894. The second-order valence-electron chi connectivity index (χ2n) is 5.12. The Morgan fingerprint density at radius 2 is 2.16 bits per heavy atom. The normalized spacial score (nSPS) is 24.4. The van der Waals surface area contributed by atoms with Gasteiger partial charge in [0.15, 0.2) is 11.6 Å². The maximum absolute atomic E-state index is 13.2. The molecule has 1 aliphatic heterocycles. The SMILES string of the molecule is CC1CCCN(Cc2ccc(F)c(F)c2)C1C(=O)O. The highest BCUT2D eigenvalue weighted by molar-refractivity contribution is 5.74. The van der Waals surface area contributed by atoms with E-state index < -0.39 is 23.6 Å². The molecule has 0 amide bonds. The molecule has 0 aliphatic carbocycles. The van der Waals surface area contributed by atoms with Gasteiger partial charge in [-0.3, -0.25) is 9.69 Å². The molecule has 3 nitrogen and oxygen atoms in total. The van der Waals surface area contributed by atoms with Crippen LogP contribution >= 0.6 is 0 Å². The highest BCUT2D eigenvalue weighted by atomic mass is 19.2. The first-order valence-corrected chi connectivity index (χ1v) is 6.40. The lowest BCUT2D eigenvalue weighted by Gasteiger charge is -2.37. The number of carboxylic acid groups (broad SMARTS) is 1. The van der Waals surface area contributed by atoms with E-state index in [9.17, 15) is 18.7 Å². The molecule has 2 atom stereocenters. The summed E-state index contributed by atoms with van der Waals surface area (Å²) < 4.78 is 26.0. The van der Waals surface area contributed by atoms with Crippen LogP contribution in [0.1, 0.15) is 25.3 Å². The summed E-state index contributed by atoms with van der Waals surface area (Å²) in [7, 11) is 0. The lowest BCUT2D eigenvalue weighted by Crippen LogP contribution is -2.48. The fourth-order valence-corrected chi connectivity index (χ4v) is 2.72. The number of rotatable bonds is 3. The van der Waals surface area contributed by atoms with Gasteiger partial charge >= 0.3 is 5.97 Å². The highest BCUT2D eigenvalue weighted by Crippen LogP contribution is 2.25. The number of carboxylic acids is 1. The Labute approximate surface area is 110 Å². The lowest BCUT2D eigenvalue weighted by molar-refractivity contribution is -0.147. The third-order valence-corrected chi connectivity index (χ3v) is 3.66. The van der Waals surface area contributed by atoms with Crippen LogP contribution in [-0.4, -0.2) is 28.6 Å². The van der Waals surface area contributed by atoms with E-state index in [0.29, 0.717) is 18.7 Å². The molecular weight excluding hydrogens is 252 g/mol. The van der Waals surface area contributed by atoms with Crippen molar-refractivity contribution in [1.29, 1.82) is 0 Å². The summed E-state index contributed by atoms with van der Waals surface area (Å²) in [6.07, 6.45) is 1.81. The summed E-state index contributed by atoms with van der Waals surface area (Å²) in [6.45, 7) is 2.91. The minimum absolute atomic E-state index is 0.0662. The number of piperidine rings is 1. The van der Waals surface area contributed by atoms with Crippen LogP contribution in [-0.2, 0) is 11.3 Å². The zero-order valence-electron chi connectivity index (χ0n) is 10.8. The van der Waals surface area contributed by atoms with Crippen molar-refractivity contribution in [1.82, 2.24) is 4.90 Å². The molecule has 104 valence electrons. The summed E-state index contributed by atoms with van der Waals surface area (Å²) in [5.74, 6) is -2.56. The van der Waals surface area contributed by atoms with Gasteiger partial charge in [0.1, 0.15) is 6.04 Å². The van der Waals surface area contributed by atoms with Crippen molar-refractivity contribution in [3.8, 4) is 0 Å². The number of hydrogen-bond donors (Lipinski definition) is 1. The van der Waals surface area contributed by atoms with Crippen molar-refractivity contribution in [2.45, 2.75) is 32.4 Å². The first kappa shape index (κ1) is 13.9. The van der Waals surface area contributed by atoms with E-state index in [2.05, 4.69) is 0 Å². The Bertz CT molecular complexity index is 479. The van der Waals surface area contributed by atoms with Crippen LogP contribution < -0.4 is 0 Å². The first-order valence-electron chi connectivity index (χ1n) is 6.40. The quantitative estimate of drug-likeness (QED) is 0.917. The van der Waals surface area contributed by atoms with Gasteiger partial charge in [-0.15, -0.1) is 0 Å². The molecule has 0 saturated carbocycles. The smallest absolute Gasteiger partial charge is 0.321 e. The summed E-state index contributed by atoms with van der Waals surface area (Å²) >= 11 is 0. The van der Waals surface area contributed by atoms with Crippen LogP contribution in [0, 0.1) is 17.6 Å². The third-order valence-electron chi connectivity index (χ3n) is 3.66. The molecule has 2 rings (SSSR count). The molecule has 1 heterocycles. The Morgan fingerprint density at radius 1 is 1.42 bits per heavy atom. The van der Waals surface area contributed by atoms with Gasteiger partial charge in [0, 0.05) is 6.54 Å². The van der Waals surface area contributed by atoms with E-state index in [1.165, 1.54) is 6.07 Å². The van der Waals surface area contributed by atoms with Crippen LogP contribution in [0.15, 0.2) is 18.2 Å². The number of hydrogen-bond acceptors (Lipinski definition) is 2. The van der Waals surface area contributed by atoms with Gasteiger partial charge in [-0.05, 0) is 43.0 Å². The average Bonchev–Trinajstić information content (AvgIpc) is 2.33. The van der Waals surface area contributed by atoms with Crippen molar-refractivity contribution in [3.63, 3.8) is 0 Å². The van der Waals surface area contributed by atoms with Crippen LogP contribution in [0.25, 0.3) is 0 Å². The predicted octanol–water partition coefficient (Wildman–Crippen LogP) is 2.65. The van der Waals surface area contributed by atoms with Crippen molar-refractivity contribution >= 4 is 5.97 Å². The molecule has 0 aromatic heterocycles. The van der Waals surface area contributed by atoms with E-state index in [4.69, 9.17) is 0 Å². The van der Waals surface area contributed by atoms with E-state index in [-0.39, 0.29) is 5.92 Å². The molecule has 5 heteroatoms. The van der Waals surface area contributed by atoms with Gasteiger partial charge in [-0.25, -0.2) is 8.78 Å². The van der Waals surface area contributed by atoms with Gasteiger partial charge in [0.2, 0.25) is 0 Å². The van der Waals surface area contributed by atoms with Gasteiger partial charge in [0.05, 0.1) is 0 Å². The molecule has 1 fully saturated rings. The molecule has 1 aromatic carbocycles. The fraction of sp³-hybridized carbons (Fsp3) is 0.500. The molecular formula is C14H17F2NO2. The van der Waals surface area contributed by atoms with Crippen LogP contribution in [0.4, 0.5) is 8.78 Å². The number of likely N-dealkylation sites (tertiary alicyclic amines) is 1. The second-order valence-corrected chi connectivity index (χ2v) is 5.12. The Kier molecular flexibility index (Phi) is 4.14. The second kappa shape index (κ2) is 5.65. The largest absolute Gasteiger partial charge is 0.480 e. The Morgan fingerprint density at radius 3 is 2.79 bits per heavy atom. The van der Waals surface area contributed by atoms with Gasteiger partial charge < -0.3 is 5.11 Å². The molecule has 1 N–H and O–H groups in total. The standard InChI is InChI=1S/C14H17F2NO2/c1-9-3-2-6-17(13(9)14(18)19)8-10-4-5-11(15)12(16)7-10/h4-5,7,9,13H,2-3,6,8H2,1H3,(H,18,19). The van der Waals surface area contributed by atoms with Crippen LogP contribution in [0.3, 0.4) is 0 Å². The van der Waals surface area contributed by atoms with Gasteiger partial charge in [0.25, 0.3) is 0 Å². The molecule has 2 unspecified atom stereocenters. The molecule has 19 heavy (non-hydrogen) atoms. The van der Waals surface area contributed by atoms with E-state index >= 15 is 0 Å². The maximum atomic E-state index is 13.2. The molecule has 0 spiro atoms. The van der Waals surface area contributed by atoms with Crippen molar-refractivity contribution in [3.05, 3.63) is 35.4 Å². The van der Waals surface area contributed by atoms with Crippen molar-refractivity contribution < 1.29 is 18.7 Å². The summed E-state index contributed by atoms with van der Waals surface area (Å²) in [6, 6.07) is 3.15. The molecule has 0 radical (unpaired) electrons. The van der Waals surface area contributed by atoms with Gasteiger partial charge in [-0.1, -0.05) is 13.0 Å². The molecule has 1 aliphatic rings. The zero-order valence-corrected chi connectivity index (χ0v) is 10.8. The molecule has 1 aromatic rings. The summed E-state index contributed by atoms with van der Waals surface area (Å²) in [4.78, 5) is 13.1. The average molecular weight is 269 g/mol. The lowest BCUT2D eigenvalue weighted by atomic mass is 9.90. The number of halogens is 2. The Balaban J connectivity index is 2.15. The van der Waals surface area contributed by atoms with Crippen LogP contribution in [0.2, 0.25) is 0 Å². The van der Waals surface area contributed by atoms with E-state index in [1.54, 1.807) is 0 Å². The monoisotopic (exact) mass is 269 g/mol. The zero-order chi connectivity index (χ0) is 14.0. The van der Waals surface area contributed by atoms with E-state index in [0.717, 1.165) is 25.0 Å². The Hall–Kier alpha value is -1.49. The first-order chi connectivity index (χ1) is 8.99. The predicted molar refractivity (Wildman–Crippen MR) is 66.6 cm³/mol. The number of benzene rings is 1. The fourth-order valence-electron chi connectivity index (χ4n) is 2.72. The summed E-state index contributed by atoms with van der Waals surface area (Å²) in [5.41, 5.74) is 0.597. The number of nitrogens with zero attached hydrogens (tertiary/aromatic N) is 1. The third kappa shape index (κ3) is 3.10. The minimum Gasteiger partial charge on any atom is -0.480 e. The van der Waals surface area contributed by atoms with Crippen molar-refractivity contribution in [2.75, 3.05) is 6.54 Å².